The van der Waals surface area contributed by atoms with Gasteiger partial charge in [0.05, 0.1) is 5.69 Å². The molecule has 0 saturated carbocycles. The molecule has 4 nitrogen and oxygen atoms in total. The van der Waals surface area contributed by atoms with Gasteiger partial charge in [-0.15, -0.1) is 0 Å². The summed E-state index contributed by atoms with van der Waals surface area (Å²) in [5.74, 6) is 0. The van der Waals surface area contributed by atoms with E-state index in [1.165, 1.54) is 10.6 Å². The van der Waals surface area contributed by atoms with Gasteiger partial charge in [-0.25, -0.2) is 18.3 Å². The van der Waals surface area contributed by atoms with Crippen LogP contribution in [0.5, 0.6) is 0 Å². The molecule has 1 atom stereocenters. The van der Waals surface area contributed by atoms with E-state index in [1.54, 1.807) is 18.5 Å². The van der Waals surface area contributed by atoms with Crippen LogP contribution < -0.4 is 5.73 Å². The second-order valence-corrected chi connectivity index (χ2v) is 2.85. The molecule has 2 rings (SSSR count). The molecular formula is C8H8F2N4. The molecule has 0 amide bonds. The number of alkyl halides is 2. The molecule has 2 N–H and O–H groups in total. The van der Waals surface area contributed by atoms with Crippen LogP contribution in [0.4, 0.5) is 8.78 Å². The summed E-state index contributed by atoms with van der Waals surface area (Å²) in [7, 11) is 0. The molecule has 0 bridgehead atoms. The van der Waals surface area contributed by atoms with Crippen molar-refractivity contribution in [3.8, 4) is 0 Å². The van der Waals surface area contributed by atoms with E-state index in [9.17, 15) is 8.78 Å². The van der Waals surface area contributed by atoms with Gasteiger partial charge in [0.25, 0.3) is 6.43 Å². The summed E-state index contributed by atoms with van der Waals surface area (Å²) in [6.07, 6.45) is 0.582. The van der Waals surface area contributed by atoms with Gasteiger partial charge in [-0.3, -0.25) is 0 Å². The highest BCUT2D eigenvalue weighted by Gasteiger charge is 2.20. The first-order valence-electron chi connectivity index (χ1n) is 4.02. The van der Waals surface area contributed by atoms with Crippen LogP contribution in [0, 0.1) is 0 Å². The summed E-state index contributed by atoms with van der Waals surface area (Å²) in [5.41, 5.74) is 5.91. The minimum atomic E-state index is -2.61. The van der Waals surface area contributed by atoms with E-state index in [1.807, 2.05) is 0 Å². The normalized spacial score (nSPS) is 13.7. The Hall–Kier alpha value is -1.56. The van der Waals surface area contributed by atoms with Crippen LogP contribution in [0.25, 0.3) is 5.65 Å². The molecule has 2 heterocycles. The van der Waals surface area contributed by atoms with Gasteiger partial charge in [-0.1, -0.05) is 0 Å². The van der Waals surface area contributed by atoms with Crippen molar-refractivity contribution in [1.29, 1.82) is 0 Å². The van der Waals surface area contributed by atoms with Gasteiger partial charge in [-0.05, 0) is 6.07 Å². The van der Waals surface area contributed by atoms with Crippen LogP contribution in [0.1, 0.15) is 11.7 Å². The second kappa shape index (κ2) is 3.30. The van der Waals surface area contributed by atoms with E-state index in [-0.39, 0.29) is 5.69 Å². The molecule has 0 aliphatic carbocycles. The first kappa shape index (κ1) is 9.01. The molecule has 0 radical (unpaired) electrons. The predicted molar refractivity (Wildman–Crippen MR) is 45.9 cm³/mol. The van der Waals surface area contributed by atoms with Crippen molar-refractivity contribution in [1.82, 2.24) is 14.6 Å². The molecule has 0 aromatic carbocycles. The van der Waals surface area contributed by atoms with Crippen LogP contribution in [0.15, 0.2) is 24.5 Å². The van der Waals surface area contributed by atoms with Crippen molar-refractivity contribution in [3.63, 3.8) is 0 Å². The Balaban J connectivity index is 2.45. The zero-order chi connectivity index (χ0) is 10.1. The van der Waals surface area contributed by atoms with Crippen molar-refractivity contribution >= 4 is 5.65 Å². The molecule has 2 aromatic heterocycles. The second-order valence-electron chi connectivity index (χ2n) is 2.85. The minimum absolute atomic E-state index is 0.152. The van der Waals surface area contributed by atoms with Crippen molar-refractivity contribution in [2.45, 2.75) is 12.5 Å². The lowest BCUT2D eigenvalue weighted by Gasteiger charge is -2.04. The largest absolute Gasteiger partial charge is 0.318 e. The zero-order valence-electron chi connectivity index (χ0n) is 7.14. The van der Waals surface area contributed by atoms with Gasteiger partial charge >= 0.3 is 0 Å². The average Bonchev–Trinajstić information content (AvgIpc) is 2.59. The number of hydrogen-bond acceptors (Lipinski definition) is 3. The maximum atomic E-state index is 12.2. The highest BCUT2D eigenvalue weighted by Crippen LogP contribution is 2.16. The molecule has 2 aromatic rings. The van der Waals surface area contributed by atoms with E-state index >= 15 is 0 Å². The predicted octanol–water partition coefficient (Wildman–Crippen LogP) is 0.994. The average molecular weight is 198 g/mol. The number of nitrogens with zero attached hydrogens (tertiary/aromatic N) is 3. The molecule has 74 valence electrons. The Bertz CT molecular complexity index is 407. The van der Waals surface area contributed by atoms with Crippen LogP contribution in [-0.2, 0) is 0 Å². The molecule has 0 fully saturated rings. The third-order valence-corrected chi connectivity index (χ3v) is 1.87. The number of fused-ring (bicyclic) bond motifs is 1. The Morgan fingerprint density at radius 2 is 2.21 bits per heavy atom. The van der Waals surface area contributed by atoms with Crippen LogP contribution >= 0.6 is 0 Å². The van der Waals surface area contributed by atoms with E-state index in [2.05, 4.69) is 10.1 Å². The molecule has 1 unspecified atom stereocenters. The third-order valence-electron chi connectivity index (χ3n) is 1.87. The maximum absolute atomic E-state index is 12.2. The monoisotopic (exact) mass is 198 g/mol. The number of aromatic nitrogens is 3. The van der Waals surface area contributed by atoms with Crippen molar-refractivity contribution in [2.24, 2.45) is 5.73 Å². The quantitative estimate of drug-likeness (QED) is 0.783. The molecule has 0 aliphatic rings. The molecule has 0 saturated heterocycles. The lowest BCUT2D eigenvalue weighted by atomic mass is 10.2. The standard InChI is InChI=1S/C8H8F2N4/c9-8(10)7(11)5-4-6-12-2-1-3-14(6)13-5/h1-4,7-8H,11H2. The van der Waals surface area contributed by atoms with Crippen LogP contribution in [-0.4, -0.2) is 21.0 Å². The summed E-state index contributed by atoms with van der Waals surface area (Å²) in [5, 5.41) is 3.88. The van der Waals surface area contributed by atoms with Gasteiger partial charge in [0.15, 0.2) is 5.65 Å². The smallest absolute Gasteiger partial charge is 0.259 e. The summed E-state index contributed by atoms with van der Waals surface area (Å²) in [4.78, 5) is 3.94. The highest BCUT2D eigenvalue weighted by molar-refractivity contribution is 5.39. The van der Waals surface area contributed by atoms with Crippen molar-refractivity contribution < 1.29 is 8.78 Å². The zero-order valence-corrected chi connectivity index (χ0v) is 7.14. The molecule has 6 heteroatoms. The summed E-state index contributed by atoms with van der Waals surface area (Å²) in [6, 6.07) is 1.77. The number of rotatable bonds is 2. The van der Waals surface area contributed by atoms with Crippen LogP contribution in [0.3, 0.4) is 0 Å². The lowest BCUT2D eigenvalue weighted by Crippen LogP contribution is -2.19. The molecule has 0 aliphatic heterocycles. The fourth-order valence-corrected chi connectivity index (χ4v) is 1.14. The molecule has 0 spiro atoms. The van der Waals surface area contributed by atoms with Gasteiger partial charge in [0, 0.05) is 18.5 Å². The Morgan fingerprint density at radius 1 is 1.43 bits per heavy atom. The van der Waals surface area contributed by atoms with Gasteiger partial charge in [0.2, 0.25) is 0 Å². The number of hydrogen-bond donors (Lipinski definition) is 1. The first-order chi connectivity index (χ1) is 6.68. The SMILES string of the molecule is NC(c1cc2ncccn2n1)C(F)F. The molecular weight excluding hydrogens is 190 g/mol. The minimum Gasteiger partial charge on any atom is -0.318 e. The summed E-state index contributed by atoms with van der Waals surface area (Å²) >= 11 is 0. The van der Waals surface area contributed by atoms with E-state index in [0.29, 0.717) is 5.65 Å². The van der Waals surface area contributed by atoms with Gasteiger partial charge in [0.1, 0.15) is 6.04 Å². The Labute approximate surface area is 78.4 Å². The van der Waals surface area contributed by atoms with Crippen molar-refractivity contribution in [2.75, 3.05) is 0 Å². The topological polar surface area (TPSA) is 56.2 Å². The highest BCUT2D eigenvalue weighted by atomic mass is 19.3. The first-order valence-corrected chi connectivity index (χ1v) is 4.02. The molecule has 14 heavy (non-hydrogen) atoms. The van der Waals surface area contributed by atoms with Gasteiger partial charge in [-0.2, -0.15) is 5.10 Å². The lowest BCUT2D eigenvalue weighted by molar-refractivity contribution is 0.114. The number of nitrogens with two attached hydrogens (primary N) is 1. The maximum Gasteiger partial charge on any atom is 0.259 e. The van der Waals surface area contributed by atoms with E-state index in [4.69, 9.17) is 5.73 Å². The number of halogens is 2. The van der Waals surface area contributed by atoms with Crippen LogP contribution in [0.2, 0.25) is 0 Å². The summed E-state index contributed by atoms with van der Waals surface area (Å²) < 4.78 is 25.9. The Morgan fingerprint density at radius 3 is 2.86 bits per heavy atom. The summed E-state index contributed by atoms with van der Waals surface area (Å²) in [6.45, 7) is 0. The van der Waals surface area contributed by atoms with Gasteiger partial charge < -0.3 is 5.73 Å². The van der Waals surface area contributed by atoms with E-state index < -0.39 is 12.5 Å². The van der Waals surface area contributed by atoms with Crippen molar-refractivity contribution in [3.05, 3.63) is 30.2 Å². The Kier molecular flexibility index (Phi) is 2.12. The fraction of sp³-hybridized carbons (Fsp3) is 0.250. The fourth-order valence-electron chi connectivity index (χ4n) is 1.14. The third kappa shape index (κ3) is 1.44. The van der Waals surface area contributed by atoms with E-state index in [0.717, 1.165) is 0 Å².